The molecule has 0 aliphatic carbocycles. The molecule has 0 spiro atoms. The molecule has 1 unspecified atom stereocenters. The van der Waals surface area contributed by atoms with Gasteiger partial charge in [0.25, 0.3) is 0 Å². The molecule has 0 saturated heterocycles. The molecule has 2 heterocycles. The minimum Gasteiger partial charge on any atom is -0.370 e. The molecule has 15 heavy (non-hydrogen) atoms. The average molecular weight is 207 g/mol. The molecule has 7 heteroatoms. The first-order valence-corrected chi connectivity index (χ1v) is 4.60. The van der Waals surface area contributed by atoms with E-state index in [1.807, 2.05) is 12.3 Å². The predicted molar refractivity (Wildman–Crippen MR) is 57.0 cm³/mol. The summed E-state index contributed by atoms with van der Waals surface area (Å²) < 4.78 is 1.78. The lowest BCUT2D eigenvalue weighted by molar-refractivity contribution is 0.385. The zero-order valence-electron chi connectivity index (χ0n) is 8.17. The van der Waals surface area contributed by atoms with E-state index in [0.717, 1.165) is 0 Å². The zero-order chi connectivity index (χ0) is 10.7. The second kappa shape index (κ2) is 3.70. The third kappa shape index (κ3) is 2.32. The fourth-order valence-electron chi connectivity index (χ4n) is 1.31. The van der Waals surface area contributed by atoms with Crippen molar-refractivity contribution in [1.82, 2.24) is 15.1 Å². The third-order valence-corrected chi connectivity index (χ3v) is 2.08. The molecule has 1 aromatic rings. The first-order valence-electron chi connectivity index (χ1n) is 4.60. The standard InChI is InChI=1S/C8H13N7/c9-7-11-6-12-8(10,14-7)2-5-15-4-1-3-13-15/h1,3-4,6H,2,5,10H2,(H3,9,11,12,14). The summed E-state index contributed by atoms with van der Waals surface area (Å²) in [5.41, 5.74) is 11.4. The summed E-state index contributed by atoms with van der Waals surface area (Å²) in [6, 6.07) is 1.85. The molecule has 0 aromatic carbocycles. The van der Waals surface area contributed by atoms with Gasteiger partial charge < -0.3 is 11.1 Å². The normalized spacial score (nSPS) is 24.7. The van der Waals surface area contributed by atoms with Crippen LogP contribution in [0.4, 0.5) is 0 Å². The number of aliphatic imine (C=N–C) groups is 2. The van der Waals surface area contributed by atoms with E-state index >= 15 is 0 Å². The smallest absolute Gasteiger partial charge is 0.209 e. The van der Waals surface area contributed by atoms with Crippen molar-refractivity contribution in [2.45, 2.75) is 18.8 Å². The quantitative estimate of drug-likeness (QED) is 0.580. The molecule has 1 aliphatic heterocycles. The van der Waals surface area contributed by atoms with Gasteiger partial charge in [0.05, 0.1) is 6.34 Å². The molecule has 1 atom stereocenters. The van der Waals surface area contributed by atoms with Gasteiger partial charge in [-0.25, -0.2) is 9.98 Å². The van der Waals surface area contributed by atoms with Crippen LogP contribution in [0.25, 0.3) is 0 Å². The van der Waals surface area contributed by atoms with E-state index < -0.39 is 5.79 Å². The number of aromatic nitrogens is 2. The van der Waals surface area contributed by atoms with Gasteiger partial charge in [-0.3, -0.25) is 10.4 Å². The van der Waals surface area contributed by atoms with E-state index in [0.29, 0.717) is 13.0 Å². The van der Waals surface area contributed by atoms with Crippen LogP contribution in [0.2, 0.25) is 0 Å². The van der Waals surface area contributed by atoms with Crippen LogP contribution in [0.3, 0.4) is 0 Å². The van der Waals surface area contributed by atoms with Crippen molar-refractivity contribution < 1.29 is 0 Å². The Bertz CT molecular complexity index is 380. The van der Waals surface area contributed by atoms with Gasteiger partial charge in [-0.05, 0) is 6.07 Å². The van der Waals surface area contributed by atoms with E-state index in [-0.39, 0.29) is 5.96 Å². The Morgan fingerprint density at radius 2 is 2.40 bits per heavy atom. The van der Waals surface area contributed by atoms with Crippen LogP contribution in [0, 0.1) is 0 Å². The molecule has 2 rings (SSSR count). The number of guanidine groups is 1. The lowest BCUT2D eigenvalue weighted by Gasteiger charge is -2.23. The molecular weight excluding hydrogens is 194 g/mol. The van der Waals surface area contributed by atoms with E-state index in [1.54, 1.807) is 10.9 Å². The molecule has 5 N–H and O–H groups in total. The number of nitrogens with one attached hydrogen (secondary N) is 1. The molecule has 0 bridgehead atoms. The van der Waals surface area contributed by atoms with Crippen molar-refractivity contribution in [1.29, 1.82) is 0 Å². The van der Waals surface area contributed by atoms with Crippen LogP contribution in [-0.2, 0) is 6.54 Å². The third-order valence-electron chi connectivity index (χ3n) is 2.08. The first kappa shape index (κ1) is 9.66. The summed E-state index contributed by atoms with van der Waals surface area (Å²) in [4.78, 5) is 8.08. The summed E-state index contributed by atoms with van der Waals surface area (Å²) >= 11 is 0. The molecule has 7 nitrogen and oxygen atoms in total. The predicted octanol–water partition coefficient (Wildman–Crippen LogP) is -1.17. The molecule has 0 amide bonds. The maximum absolute atomic E-state index is 5.92. The van der Waals surface area contributed by atoms with Crippen LogP contribution in [0.15, 0.2) is 28.4 Å². The summed E-state index contributed by atoms with van der Waals surface area (Å²) in [7, 11) is 0. The lowest BCUT2D eigenvalue weighted by Crippen LogP contribution is -2.46. The molecule has 0 radical (unpaired) electrons. The number of hydrogen-bond acceptors (Lipinski definition) is 6. The van der Waals surface area contributed by atoms with Crippen LogP contribution in [-0.4, -0.2) is 27.9 Å². The Kier molecular flexibility index (Phi) is 2.38. The Morgan fingerprint density at radius 3 is 3.07 bits per heavy atom. The lowest BCUT2D eigenvalue weighted by atomic mass is 10.2. The van der Waals surface area contributed by atoms with Crippen LogP contribution >= 0.6 is 0 Å². The van der Waals surface area contributed by atoms with Gasteiger partial charge >= 0.3 is 0 Å². The highest BCUT2D eigenvalue weighted by atomic mass is 15.3. The zero-order valence-corrected chi connectivity index (χ0v) is 8.17. The second-order valence-electron chi connectivity index (χ2n) is 3.30. The Morgan fingerprint density at radius 1 is 1.53 bits per heavy atom. The van der Waals surface area contributed by atoms with Gasteiger partial charge in [0.1, 0.15) is 0 Å². The Hall–Kier alpha value is -1.89. The van der Waals surface area contributed by atoms with Crippen LogP contribution < -0.4 is 16.8 Å². The van der Waals surface area contributed by atoms with Gasteiger partial charge in [-0.1, -0.05) is 0 Å². The van der Waals surface area contributed by atoms with E-state index in [1.165, 1.54) is 6.34 Å². The van der Waals surface area contributed by atoms with Crippen LogP contribution in [0.5, 0.6) is 0 Å². The average Bonchev–Trinajstić information content (AvgIpc) is 2.67. The van der Waals surface area contributed by atoms with Gasteiger partial charge in [0.15, 0.2) is 5.96 Å². The number of aryl methyl sites for hydroxylation is 1. The van der Waals surface area contributed by atoms with Crippen molar-refractivity contribution in [3.63, 3.8) is 0 Å². The van der Waals surface area contributed by atoms with Gasteiger partial charge in [0.2, 0.25) is 5.79 Å². The largest absolute Gasteiger partial charge is 0.370 e. The van der Waals surface area contributed by atoms with E-state index in [4.69, 9.17) is 11.5 Å². The van der Waals surface area contributed by atoms with Crippen molar-refractivity contribution >= 4 is 12.3 Å². The highest BCUT2D eigenvalue weighted by Gasteiger charge is 2.24. The maximum atomic E-state index is 5.92. The molecule has 0 saturated carbocycles. The first-order chi connectivity index (χ1) is 7.18. The summed E-state index contributed by atoms with van der Waals surface area (Å²) in [5.74, 6) is -0.686. The number of hydrogen-bond donors (Lipinski definition) is 3. The summed E-state index contributed by atoms with van der Waals surface area (Å²) in [6.07, 6.45) is 5.59. The Balaban J connectivity index is 1.99. The fraction of sp³-hybridized carbons (Fsp3) is 0.375. The van der Waals surface area contributed by atoms with Crippen molar-refractivity contribution in [2.24, 2.45) is 21.5 Å². The minimum absolute atomic E-state index is 0.285. The molecular formula is C8H13N7. The van der Waals surface area contributed by atoms with Crippen molar-refractivity contribution in [3.8, 4) is 0 Å². The van der Waals surface area contributed by atoms with Gasteiger partial charge in [-0.2, -0.15) is 5.10 Å². The van der Waals surface area contributed by atoms with Crippen LogP contribution in [0.1, 0.15) is 6.42 Å². The maximum Gasteiger partial charge on any atom is 0.209 e. The fourth-order valence-corrected chi connectivity index (χ4v) is 1.31. The van der Waals surface area contributed by atoms with Crippen molar-refractivity contribution in [2.75, 3.05) is 0 Å². The molecule has 1 aromatic heterocycles. The SMILES string of the molecule is NC1=NC(N)(CCn2cccn2)N=CN1. The second-order valence-corrected chi connectivity index (χ2v) is 3.30. The minimum atomic E-state index is -0.971. The Labute approximate surface area is 86.9 Å². The molecule has 0 fully saturated rings. The van der Waals surface area contributed by atoms with E-state index in [9.17, 15) is 0 Å². The van der Waals surface area contributed by atoms with Gasteiger partial charge in [-0.15, -0.1) is 0 Å². The molecule has 80 valence electrons. The van der Waals surface area contributed by atoms with E-state index in [2.05, 4.69) is 20.4 Å². The highest BCUT2D eigenvalue weighted by molar-refractivity contribution is 5.90. The topological polar surface area (TPSA) is 107 Å². The number of rotatable bonds is 3. The van der Waals surface area contributed by atoms with Crippen molar-refractivity contribution in [3.05, 3.63) is 18.5 Å². The monoisotopic (exact) mass is 207 g/mol. The number of nitrogens with two attached hydrogens (primary N) is 2. The number of nitrogens with zero attached hydrogens (tertiary/aromatic N) is 4. The van der Waals surface area contributed by atoms with Gasteiger partial charge in [0, 0.05) is 25.4 Å². The highest BCUT2D eigenvalue weighted by Crippen LogP contribution is 2.12. The summed E-state index contributed by atoms with van der Waals surface area (Å²) in [5, 5.41) is 6.73. The summed E-state index contributed by atoms with van der Waals surface area (Å²) in [6.45, 7) is 0.650. The molecule has 1 aliphatic rings.